The van der Waals surface area contributed by atoms with Crippen molar-refractivity contribution in [2.24, 2.45) is 7.05 Å². The van der Waals surface area contributed by atoms with Crippen LogP contribution in [-0.4, -0.2) is 77.7 Å². The standard InChI is InChI=1S/C23H28N4O2.C19H22F2N4O3/c1-15-8-7-11-19(24-15)22(28)25-21-12-16-14-27(17-9-5-4-6-10-17)26-20(16)13-18(21)23(2,3)29;1-23-9-8-12(19(20,21)10-23)11-4-3-5-13-16(11)24(2)18(28)25(13)14-6-7-15(26)22-17(14)27/h7-8,11-14,17,29H,4-6,9-10H2,1-3H3,(H,25,28);3-5,12,14H,6-10H2,1-2H3,(H,22,26,27). The van der Waals surface area contributed by atoms with E-state index in [0.717, 1.165) is 29.4 Å². The van der Waals surface area contributed by atoms with Crippen molar-refractivity contribution in [3.05, 3.63) is 87.7 Å². The van der Waals surface area contributed by atoms with Crippen LogP contribution in [0.2, 0.25) is 0 Å². The maximum absolute atomic E-state index is 14.8. The summed E-state index contributed by atoms with van der Waals surface area (Å²) in [5.41, 5.74) is 2.90. The summed E-state index contributed by atoms with van der Waals surface area (Å²) < 4.78 is 34.3. The molecule has 1 aliphatic carbocycles. The third kappa shape index (κ3) is 8.13. The highest BCUT2D eigenvalue weighted by Crippen LogP contribution is 2.42. The van der Waals surface area contributed by atoms with E-state index in [2.05, 4.69) is 26.5 Å². The molecule has 3 aromatic heterocycles. The molecule has 2 saturated heterocycles. The number of pyridine rings is 1. The molecular weight excluding hydrogens is 735 g/mol. The average molecular weight is 785 g/mol. The fourth-order valence-electron chi connectivity index (χ4n) is 8.56. The normalized spacial score (nSPS) is 20.6. The fraction of sp³-hybridized carbons (Fsp3) is 0.476. The molecule has 8 rings (SSSR count). The molecule has 2 atom stereocenters. The summed E-state index contributed by atoms with van der Waals surface area (Å²) in [6.45, 7) is 5.48. The van der Waals surface area contributed by atoms with E-state index in [9.17, 15) is 33.1 Å². The maximum atomic E-state index is 14.8. The lowest BCUT2D eigenvalue weighted by molar-refractivity contribution is -0.135. The first-order valence-electron chi connectivity index (χ1n) is 19.6. The predicted molar refractivity (Wildman–Crippen MR) is 212 cm³/mol. The number of aromatic nitrogens is 5. The first-order chi connectivity index (χ1) is 27.0. The number of nitrogens with zero attached hydrogens (tertiary/aromatic N) is 6. The van der Waals surface area contributed by atoms with Crippen LogP contribution in [0, 0.1) is 6.92 Å². The lowest BCUT2D eigenvalue weighted by Gasteiger charge is -2.37. The van der Waals surface area contributed by atoms with Crippen molar-refractivity contribution in [1.29, 1.82) is 0 Å². The number of carbonyl (C=O) groups is 3. The average Bonchev–Trinajstić information content (AvgIpc) is 3.69. The van der Waals surface area contributed by atoms with Gasteiger partial charge in [0.25, 0.3) is 11.8 Å². The number of imide groups is 1. The minimum atomic E-state index is -2.92. The van der Waals surface area contributed by atoms with Crippen LogP contribution in [-0.2, 0) is 22.2 Å². The molecule has 57 heavy (non-hydrogen) atoms. The Morgan fingerprint density at radius 3 is 2.42 bits per heavy atom. The Morgan fingerprint density at radius 1 is 1.00 bits per heavy atom. The SMILES string of the molecule is CN1CCC(c2cccc3c2n(C)c(=O)n3C2CCC(=O)NC2=O)C(F)(F)C1.Cc1cccc(C(=O)Nc2cc3cn(C4CCCCC4)nc3cc2C(C)(C)O)n1. The van der Waals surface area contributed by atoms with Crippen LogP contribution < -0.4 is 16.3 Å². The zero-order valence-corrected chi connectivity index (χ0v) is 33.0. The van der Waals surface area contributed by atoms with Crippen LogP contribution in [0.5, 0.6) is 0 Å². The molecule has 3 amide bonds. The van der Waals surface area contributed by atoms with Crippen molar-refractivity contribution in [1.82, 2.24) is 34.1 Å². The van der Waals surface area contributed by atoms with Gasteiger partial charge in [-0.3, -0.25) is 33.5 Å². The number of likely N-dealkylation sites (tertiary alicyclic amines) is 1. The minimum absolute atomic E-state index is 0.131. The maximum Gasteiger partial charge on any atom is 0.329 e. The van der Waals surface area contributed by atoms with Gasteiger partial charge in [-0.05, 0) is 95.9 Å². The number of hydrogen-bond acceptors (Lipinski definition) is 8. The highest BCUT2D eigenvalue weighted by atomic mass is 19.3. The summed E-state index contributed by atoms with van der Waals surface area (Å²) in [4.78, 5) is 55.3. The Labute approximate surface area is 329 Å². The van der Waals surface area contributed by atoms with Crippen LogP contribution >= 0.6 is 0 Å². The highest BCUT2D eigenvalue weighted by Gasteiger charge is 2.45. The van der Waals surface area contributed by atoms with E-state index in [-0.39, 0.29) is 37.6 Å². The van der Waals surface area contributed by atoms with Gasteiger partial charge >= 0.3 is 5.69 Å². The number of aliphatic hydroxyl groups is 1. The number of anilines is 1. The third-order valence-electron chi connectivity index (χ3n) is 11.5. The number of amides is 3. The number of nitrogens with one attached hydrogen (secondary N) is 2. The fourth-order valence-corrected chi connectivity index (χ4v) is 8.56. The van der Waals surface area contributed by atoms with Crippen molar-refractivity contribution < 1.29 is 28.3 Å². The van der Waals surface area contributed by atoms with Crippen molar-refractivity contribution in [2.75, 3.05) is 25.5 Å². The van der Waals surface area contributed by atoms with E-state index in [0.29, 0.717) is 46.1 Å². The minimum Gasteiger partial charge on any atom is -0.386 e. The van der Waals surface area contributed by atoms with Gasteiger partial charge in [0.2, 0.25) is 11.8 Å². The summed E-state index contributed by atoms with van der Waals surface area (Å²) in [6.07, 6.45) is 8.74. The molecule has 1 saturated carbocycles. The van der Waals surface area contributed by atoms with E-state index in [4.69, 9.17) is 5.10 Å². The van der Waals surface area contributed by atoms with Crippen LogP contribution in [0.15, 0.2) is 59.5 Å². The molecule has 2 unspecified atom stereocenters. The Bertz CT molecular complexity index is 2400. The van der Waals surface area contributed by atoms with E-state index in [1.54, 1.807) is 50.1 Å². The lowest BCUT2D eigenvalue weighted by Crippen LogP contribution is -2.45. The molecule has 302 valence electrons. The van der Waals surface area contributed by atoms with E-state index >= 15 is 0 Å². The molecule has 0 radical (unpaired) electrons. The number of piperidine rings is 2. The number of carbonyl (C=O) groups excluding carboxylic acids is 3. The predicted octanol–water partition coefficient (Wildman–Crippen LogP) is 6.10. The molecule has 2 aliphatic heterocycles. The Kier molecular flexibility index (Phi) is 10.9. The summed E-state index contributed by atoms with van der Waals surface area (Å²) in [6, 6.07) is 13.7. The number of aryl methyl sites for hydroxylation is 2. The Morgan fingerprint density at radius 2 is 1.74 bits per heavy atom. The molecule has 3 N–H and O–H groups in total. The van der Waals surface area contributed by atoms with E-state index in [1.807, 2.05) is 31.2 Å². The number of hydrogen-bond donors (Lipinski definition) is 3. The molecule has 13 nitrogen and oxygen atoms in total. The van der Waals surface area contributed by atoms with Gasteiger partial charge in [0, 0.05) is 42.0 Å². The van der Waals surface area contributed by atoms with Gasteiger partial charge in [0.05, 0.1) is 40.7 Å². The second-order valence-electron chi connectivity index (χ2n) is 16.3. The third-order valence-corrected chi connectivity index (χ3v) is 11.5. The number of alkyl halides is 2. The van der Waals surface area contributed by atoms with Gasteiger partial charge in [-0.1, -0.05) is 37.5 Å². The first-order valence-corrected chi connectivity index (χ1v) is 19.6. The number of para-hydroxylation sites is 1. The van der Waals surface area contributed by atoms with Gasteiger partial charge < -0.3 is 15.3 Å². The molecule has 0 bridgehead atoms. The quantitative estimate of drug-likeness (QED) is 0.175. The zero-order chi connectivity index (χ0) is 40.8. The largest absolute Gasteiger partial charge is 0.386 e. The second-order valence-corrected chi connectivity index (χ2v) is 16.3. The zero-order valence-electron chi connectivity index (χ0n) is 33.0. The van der Waals surface area contributed by atoms with E-state index < -0.39 is 35.1 Å². The van der Waals surface area contributed by atoms with Crippen LogP contribution in [0.1, 0.15) is 111 Å². The molecule has 3 fully saturated rings. The first kappa shape index (κ1) is 39.9. The number of benzene rings is 2. The molecule has 15 heteroatoms. The molecule has 2 aromatic carbocycles. The number of halogens is 2. The van der Waals surface area contributed by atoms with Crippen molar-refractivity contribution in [3.63, 3.8) is 0 Å². The summed E-state index contributed by atoms with van der Waals surface area (Å²) in [5, 5.41) is 21.6. The molecule has 3 aliphatic rings. The van der Waals surface area contributed by atoms with E-state index in [1.165, 1.54) is 35.4 Å². The number of imidazole rings is 1. The van der Waals surface area contributed by atoms with Gasteiger partial charge in [0.15, 0.2) is 0 Å². The lowest BCUT2D eigenvalue weighted by atomic mass is 9.85. The summed E-state index contributed by atoms with van der Waals surface area (Å²) >= 11 is 0. The van der Waals surface area contributed by atoms with Gasteiger partial charge in [-0.15, -0.1) is 0 Å². The van der Waals surface area contributed by atoms with Crippen LogP contribution in [0.4, 0.5) is 14.5 Å². The molecule has 5 heterocycles. The molecule has 5 aromatic rings. The Balaban J connectivity index is 0.000000174. The summed E-state index contributed by atoms with van der Waals surface area (Å²) in [7, 11) is 3.20. The van der Waals surface area contributed by atoms with Gasteiger partial charge in [0.1, 0.15) is 11.7 Å². The van der Waals surface area contributed by atoms with Crippen LogP contribution in [0.3, 0.4) is 0 Å². The van der Waals surface area contributed by atoms with Crippen molar-refractivity contribution in [3.8, 4) is 0 Å². The second kappa shape index (κ2) is 15.6. The summed E-state index contributed by atoms with van der Waals surface area (Å²) in [5.74, 6) is -5.13. The highest BCUT2D eigenvalue weighted by molar-refractivity contribution is 6.04. The number of fused-ring (bicyclic) bond motifs is 2. The van der Waals surface area contributed by atoms with Crippen molar-refractivity contribution >= 4 is 45.3 Å². The number of rotatable bonds is 6. The Hall–Kier alpha value is -5.28. The topological polar surface area (TPSA) is 156 Å². The smallest absolute Gasteiger partial charge is 0.329 e. The molecule has 0 spiro atoms. The van der Waals surface area contributed by atoms with Crippen LogP contribution in [0.25, 0.3) is 21.9 Å². The van der Waals surface area contributed by atoms with Crippen molar-refractivity contribution in [2.45, 2.75) is 102 Å². The molecular formula is C42H50F2N8O5. The monoisotopic (exact) mass is 784 g/mol. The van der Waals surface area contributed by atoms with Gasteiger partial charge in [-0.25, -0.2) is 18.6 Å². The van der Waals surface area contributed by atoms with Gasteiger partial charge in [-0.2, -0.15) is 5.10 Å².